The molecule has 0 spiro atoms. The van der Waals surface area contributed by atoms with Crippen molar-refractivity contribution >= 4 is 17.4 Å². The molecule has 0 radical (unpaired) electrons. The minimum absolute atomic E-state index is 0.136. The van der Waals surface area contributed by atoms with E-state index in [4.69, 9.17) is 16.1 Å². The van der Waals surface area contributed by atoms with Crippen LogP contribution in [0.3, 0.4) is 0 Å². The maximum absolute atomic E-state index is 12.4. The zero-order chi connectivity index (χ0) is 18.5. The number of benzene rings is 1. The van der Waals surface area contributed by atoms with E-state index < -0.39 is 0 Å². The molecule has 0 amide bonds. The molecule has 0 N–H and O–H groups in total. The number of rotatable bonds is 7. The van der Waals surface area contributed by atoms with Crippen LogP contribution in [0.15, 0.2) is 28.8 Å². The Balaban J connectivity index is 1.57. The van der Waals surface area contributed by atoms with Gasteiger partial charge in [-0.2, -0.15) is 4.98 Å². The molecular weight excluding hydrogens is 350 g/mol. The molecule has 2 aromatic rings. The average Bonchev–Trinajstić information content (AvgIpc) is 3.03. The zero-order valence-electron chi connectivity index (χ0n) is 15.4. The molecule has 0 bridgehead atoms. The van der Waals surface area contributed by atoms with Crippen molar-refractivity contribution in [3.8, 4) is 0 Å². The number of nitrogens with zero attached hydrogens (tertiary/aromatic N) is 3. The molecule has 1 fully saturated rings. The molecule has 1 aromatic carbocycles. The van der Waals surface area contributed by atoms with E-state index in [9.17, 15) is 4.79 Å². The number of Topliss-reactive ketones (excluding diaryl/α,β-unsaturated/α-hetero) is 1. The summed E-state index contributed by atoms with van der Waals surface area (Å²) in [6, 6.07) is 7.68. The largest absolute Gasteiger partial charge is 0.338 e. The molecule has 5 nitrogen and oxygen atoms in total. The Morgan fingerprint density at radius 1 is 1.38 bits per heavy atom. The predicted octanol–water partition coefficient (Wildman–Crippen LogP) is 4.14. The molecule has 1 aliphatic heterocycles. The first-order valence-corrected chi connectivity index (χ1v) is 9.69. The number of hydrogen-bond acceptors (Lipinski definition) is 5. The standard InChI is InChI=1S/C20H26ClN3O2/c1-14(2)10-18(25)16-7-5-9-24(12-16)13-20-22-19(23-26-20)11-15-6-3-4-8-17(15)21/h3-4,6,8,14,16H,5,7,9-13H2,1-2H3. The second-order valence-electron chi connectivity index (χ2n) is 7.51. The first-order valence-electron chi connectivity index (χ1n) is 9.31. The van der Waals surface area contributed by atoms with E-state index in [2.05, 4.69) is 28.9 Å². The summed E-state index contributed by atoms with van der Waals surface area (Å²) >= 11 is 6.19. The highest BCUT2D eigenvalue weighted by molar-refractivity contribution is 6.31. The lowest BCUT2D eigenvalue weighted by Crippen LogP contribution is -2.38. The van der Waals surface area contributed by atoms with E-state index in [1.807, 2.05) is 24.3 Å². The third-order valence-electron chi connectivity index (χ3n) is 4.75. The van der Waals surface area contributed by atoms with Crippen LogP contribution < -0.4 is 0 Å². The minimum Gasteiger partial charge on any atom is -0.338 e. The highest BCUT2D eigenvalue weighted by Crippen LogP contribution is 2.22. The van der Waals surface area contributed by atoms with Gasteiger partial charge in [0, 0.05) is 30.3 Å². The molecule has 0 aliphatic carbocycles. The second kappa shape index (κ2) is 8.78. The number of likely N-dealkylation sites (tertiary alicyclic amines) is 1. The van der Waals surface area contributed by atoms with E-state index in [-0.39, 0.29) is 5.92 Å². The molecule has 26 heavy (non-hydrogen) atoms. The van der Waals surface area contributed by atoms with Gasteiger partial charge >= 0.3 is 0 Å². The SMILES string of the molecule is CC(C)CC(=O)C1CCCN(Cc2nc(Cc3ccccc3Cl)no2)C1. The quantitative estimate of drug-likeness (QED) is 0.727. The van der Waals surface area contributed by atoms with Gasteiger partial charge in [-0.05, 0) is 36.9 Å². The Labute approximate surface area is 159 Å². The van der Waals surface area contributed by atoms with Gasteiger partial charge in [-0.25, -0.2) is 0 Å². The molecule has 2 heterocycles. The summed E-state index contributed by atoms with van der Waals surface area (Å²) in [7, 11) is 0. The molecular formula is C20H26ClN3O2. The van der Waals surface area contributed by atoms with Gasteiger partial charge in [0.15, 0.2) is 5.82 Å². The Bertz CT molecular complexity index is 744. The van der Waals surface area contributed by atoms with Crippen LogP contribution >= 0.6 is 11.6 Å². The van der Waals surface area contributed by atoms with Crippen LogP contribution in [0.4, 0.5) is 0 Å². The lowest BCUT2D eigenvalue weighted by Gasteiger charge is -2.31. The first-order chi connectivity index (χ1) is 12.5. The van der Waals surface area contributed by atoms with Gasteiger partial charge in [0.2, 0.25) is 5.89 Å². The molecule has 3 rings (SSSR count). The van der Waals surface area contributed by atoms with Gasteiger partial charge in [-0.15, -0.1) is 0 Å². The lowest BCUT2D eigenvalue weighted by atomic mass is 9.89. The van der Waals surface area contributed by atoms with Crippen LogP contribution in [0.2, 0.25) is 5.02 Å². The van der Waals surface area contributed by atoms with Crippen molar-refractivity contribution in [2.75, 3.05) is 13.1 Å². The van der Waals surface area contributed by atoms with Crippen molar-refractivity contribution in [1.82, 2.24) is 15.0 Å². The molecule has 6 heteroatoms. The van der Waals surface area contributed by atoms with E-state index in [0.29, 0.717) is 47.8 Å². The summed E-state index contributed by atoms with van der Waals surface area (Å²) in [5.74, 6) is 2.18. The number of halogens is 1. The third-order valence-corrected chi connectivity index (χ3v) is 5.11. The molecule has 1 aromatic heterocycles. The van der Waals surface area contributed by atoms with Gasteiger partial charge in [0.25, 0.3) is 0 Å². The summed E-state index contributed by atoms with van der Waals surface area (Å²) < 4.78 is 5.41. The molecule has 1 atom stereocenters. The highest BCUT2D eigenvalue weighted by atomic mass is 35.5. The number of hydrogen-bond donors (Lipinski definition) is 0. The summed E-state index contributed by atoms with van der Waals surface area (Å²) in [5, 5.41) is 4.78. The van der Waals surface area contributed by atoms with Gasteiger partial charge in [-0.3, -0.25) is 9.69 Å². The van der Waals surface area contributed by atoms with Crippen LogP contribution in [-0.2, 0) is 17.8 Å². The van der Waals surface area contributed by atoms with E-state index in [0.717, 1.165) is 31.5 Å². The molecule has 140 valence electrons. The fourth-order valence-electron chi connectivity index (χ4n) is 3.46. The van der Waals surface area contributed by atoms with Crippen molar-refractivity contribution in [2.24, 2.45) is 11.8 Å². The average molecular weight is 376 g/mol. The predicted molar refractivity (Wildman–Crippen MR) is 101 cm³/mol. The third kappa shape index (κ3) is 5.15. The van der Waals surface area contributed by atoms with Crippen LogP contribution in [0, 0.1) is 11.8 Å². The highest BCUT2D eigenvalue weighted by Gasteiger charge is 2.27. The normalized spacial score (nSPS) is 18.4. The summed E-state index contributed by atoms with van der Waals surface area (Å²) in [6.45, 7) is 6.54. The van der Waals surface area contributed by atoms with Crippen molar-refractivity contribution in [3.63, 3.8) is 0 Å². The number of carbonyl (C=O) groups is 1. The second-order valence-corrected chi connectivity index (χ2v) is 7.92. The van der Waals surface area contributed by atoms with Gasteiger partial charge in [-0.1, -0.05) is 48.8 Å². The minimum atomic E-state index is 0.136. The maximum Gasteiger partial charge on any atom is 0.240 e. The monoisotopic (exact) mass is 375 g/mol. The van der Waals surface area contributed by atoms with E-state index in [1.165, 1.54) is 0 Å². The van der Waals surface area contributed by atoms with Crippen LogP contribution in [0.5, 0.6) is 0 Å². The molecule has 1 unspecified atom stereocenters. The first kappa shape index (κ1) is 19.1. The fraction of sp³-hybridized carbons (Fsp3) is 0.550. The van der Waals surface area contributed by atoms with Crippen LogP contribution in [-0.4, -0.2) is 33.9 Å². The van der Waals surface area contributed by atoms with Crippen molar-refractivity contribution in [2.45, 2.75) is 46.1 Å². The van der Waals surface area contributed by atoms with Gasteiger partial charge in [0.1, 0.15) is 5.78 Å². The molecule has 1 aliphatic rings. The van der Waals surface area contributed by atoms with Crippen molar-refractivity contribution in [1.29, 1.82) is 0 Å². The van der Waals surface area contributed by atoms with Crippen molar-refractivity contribution < 1.29 is 9.32 Å². The summed E-state index contributed by atoms with van der Waals surface area (Å²) in [5.41, 5.74) is 0.985. The zero-order valence-corrected chi connectivity index (χ0v) is 16.2. The van der Waals surface area contributed by atoms with Crippen molar-refractivity contribution in [3.05, 3.63) is 46.6 Å². The van der Waals surface area contributed by atoms with Crippen LogP contribution in [0.1, 0.15) is 50.4 Å². The molecule has 1 saturated heterocycles. The Morgan fingerprint density at radius 2 is 2.19 bits per heavy atom. The maximum atomic E-state index is 12.4. The summed E-state index contributed by atoms with van der Waals surface area (Å²) in [4.78, 5) is 19.1. The summed E-state index contributed by atoms with van der Waals surface area (Å²) in [6.07, 6.45) is 3.25. The number of piperidine rings is 1. The topological polar surface area (TPSA) is 59.2 Å². The fourth-order valence-corrected chi connectivity index (χ4v) is 3.66. The Morgan fingerprint density at radius 3 is 2.96 bits per heavy atom. The van der Waals surface area contributed by atoms with E-state index in [1.54, 1.807) is 0 Å². The van der Waals surface area contributed by atoms with Gasteiger partial charge < -0.3 is 4.52 Å². The smallest absolute Gasteiger partial charge is 0.240 e. The number of carbonyl (C=O) groups excluding carboxylic acids is 1. The Hall–Kier alpha value is -1.72. The van der Waals surface area contributed by atoms with Crippen LogP contribution in [0.25, 0.3) is 0 Å². The lowest BCUT2D eigenvalue weighted by molar-refractivity contribution is -0.125. The Kier molecular flexibility index (Phi) is 6.43. The van der Waals surface area contributed by atoms with Gasteiger partial charge in [0.05, 0.1) is 6.54 Å². The van der Waals surface area contributed by atoms with E-state index >= 15 is 0 Å². The molecule has 0 saturated carbocycles. The number of ketones is 1. The number of aromatic nitrogens is 2.